The largest absolute Gasteiger partial charge is 0.352 e. The zero-order chi connectivity index (χ0) is 25.6. The van der Waals surface area contributed by atoms with Crippen LogP contribution in [-0.2, 0) is 26.2 Å². The summed E-state index contributed by atoms with van der Waals surface area (Å²) in [6.45, 7) is 1.39. The minimum absolute atomic E-state index is 0.0647. The maximum Gasteiger partial charge on any atom is 0.244 e. The lowest BCUT2D eigenvalue weighted by Gasteiger charge is -2.33. The first-order valence-electron chi connectivity index (χ1n) is 11.7. The highest BCUT2D eigenvalue weighted by molar-refractivity contribution is 7.92. The van der Waals surface area contributed by atoms with E-state index in [1.807, 2.05) is 6.92 Å². The standard InChI is InChI=1S/C25H31Cl2N3O4S/c1-3-22(25(32)28-19-11-5-6-12-19)29(16-18-10-4-7-13-20(18)26)24(31)17-30(35(2,33)34)23-15-9-8-14-21(23)27/h4,7-10,13-15,19,22H,3,5-6,11-12,16-17H2,1-2H3,(H,28,32)/t22-/m1/s1. The zero-order valence-electron chi connectivity index (χ0n) is 19.9. The van der Waals surface area contributed by atoms with E-state index in [0.717, 1.165) is 36.2 Å². The lowest BCUT2D eigenvalue weighted by Crippen LogP contribution is -2.53. The van der Waals surface area contributed by atoms with Crippen molar-refractivity contribution in [2.75, 3.05) is 17.1 Å². The van der Waals surface area contributed by atoms with Gasteiger partial charge in [0, 0.05) is 17.6 Å². The van der Waals surface area contributed by atoms with Gasteiger partial charge in [-0.15, -0.1) is 0 Å². The molecular formula is C25H31Cl2N3O4S. The molecule has 0 bridgehead atoms. The third kappa shape index (κ3) is 7.12. The van der Waals surface area contributed by atoms with Gasteiger partial charge in [0.1, 0.15) is 12.6 Å². The molecule has 1 atom stereocenters. The number of benzene rings is 2. The van der Waals surface area contributed by atoms with Gasteiger partial charge in [0.05, 0.1) is 17.0 Å². The third-order valence-electron chi connectivity index (χ3n) is 6.19. The second-order valence-corrected chi connectivity index (χ2v) is 11.5. The van der Waals surface area contributed by atoms with Gasteiger partial charge in [0.2, 0.25) is 21.8 Å². The Morgan fingerprint density at radius 3 is 2.20 bits per heavy atom. The van der Waals surface area contributed by atoms with E-state index in [1.165, 1.54) is 4.90 Å². The number of hydrogen-bond donors (Lipinski definition) is 1. The average Bonchev–Trinajstić information content (AvgIpc) is 3.31. The average molecular weight is 541 g/mol. The molecule has 1 fully saturated rings. The molecule has 1 N–H and O–H groups in total. The van der Waals surface area contributed by atoms with Crippen molar-refractivity contribution in [3.05, 3.63) is 64.1 Å². The molecule has 2 aromatic rings. The van der Waals surface area contributed by atoms with Gasteiger partial charge in [0.15, 0.2) is 0 Å². The van der Waals surface area contributed by atoms with Crippen molar-refractivity contribution in [1.82, 2.24) is 10.2 Å². The molecule has 1 aliphatic rings. The Labute approximate surface area is 217 Å². The first-order chi connectivity index (χ1) is 16.6. The number of sulfonamides is 1. The summed E-state index contributed by atoms with van der Waals surface area (Å²) in [5.41, 5.74) is 0.865. The van der Waals surface area contributed by atoms with Gasteiger partial charge in [-0.05, 0) is 43.0 Å². The highest BCUT2D eigenvalue weighted by Gasteiger charge is 2.33. The number of carbonyl (C=O) groups excluding carboxylic acids is 2. The Morgan fingerprint density at radius 1 is 1.03 bits per heavy atom. The van der Waals surface area contributed by atoms with Crippen molar-refractivity contribution >= 4 is 50.7 Å². The van der Waals surface area contributed by atoms with Crippen LogP contribution < -0.4 is 9.62 Å². The third-order valence-corrected chi connectivity index (χ3v) is 8.00. The number of amides is 2. The quantitative estimate of drug-likeness (QED) is 0.476. The van der Waals surface area contributed by atoms with Crippen molar-refractivity contribution in [2.24, 2.45) is 0 Å². The predicted octanol–water partition coefficient (Wildman–Crippen LogP) is 4.63. The normalized spacial score (nSPS) is 15.0. The molecule has 2 aromatic carbocycles. The molecule has 0 saturated heterocycles. The number of nitrogens with zero attached hydrogens (tertiary/aromatic N) is 2. The van der Waals surface area contributed by atoms with Crippen LogP contribution in [0.25, 0.3) is 0 Å². The van der Waals surface area contributed by atoms with E-state index >= 15 is 0 Å². The molecule has 1 saturated carbocycles. The molecule has 0 spiro atoms. The number of halogens is 2. The van der Waals surface area contributed by atoms with Crippen LogP contribution in [0.5, 0.6) is 0 Å². The highest BCUT2D eigenvalue weighted by Crippen LogP contribution is 2.28. The number of anilines is 1. The van der Waals surface area contributed by atoms with E-state index in [-0.39, 0.29) is 29.2 Å². The summed E-state index contributed by atoms with van der Waals surface area (Å²) in [6.07, 6.45) is 5.33. The molecular weight excluding hydrogens is 509 g/mol. The second-order valence-electron chi connectivity index (χ2n) is 8.75. The Balaban J connectivity index is 1.94. The molecule has 1 aliphatic carbocycles. The second kappa shape index (κ2) is 12.1. The molecule has 0 unspecified atom stereocenters. The monoisotopic (exact) mass is 539 g/mol. The summed E-state index contributed by atoms with van der Waals surface area (Å²) < 4.78 is 26.3. The fourth-order valence-corrected chi connectivity index (χ4v) is 5.69. The molecule has 0 heterocycles. The number of nitrogens with one attached hydrogen (secondary N) is 1. The molecule has 7 nitrogen and oxygen atoms in total. The predicted molar refractivity (Wildman–Crippen MR) is 140 cm³/mol. The van der Waals surface area contributed by atoms with E-state index < -0.39 is 28.5 Å². The lowest BCUT2D eigenvalue weighted by molar-refractivity contribution is -0.140. The molecule has 35 heavy (non-hydrogen) atoms. The van der Waals surface area contributed by atoms with E-state index in [2.05, 4.69) is 5.32 Å². The van der Waals surface area contributed by atoms with Crippen LogP contribution in [0.4, 0.5) is 5.69 Å². The Morgan fingerprint density at radius 2 is 1.63 bits per heavy atom. The van der Waals surface area contributed by atoms with Gasteiger partial charge in [-0.1, -0.05) is 73.3 Å². The van der Waals surface area contributed by atoms with Crippen LogP contribution in [0, 0.1) is 0 Å². The van der Waals surface area contributed by atoms with Crippen LogP contribution in [0.3, 0.4) is 0 Å². The van der Waals surface area contributed by atoms with Crippen LogP contribution in [0.2, 0.25) is 10.0 Å². The van der Waals surface area contributed by atoms with Gasteiger partial charge in [-0.2, -0.15) is 0 Å². The molecule has 0 radical (unpaired) electrons. The summed E-state index contributed by atoms with van der Waals surface area (Å²) >= 11 is 12.6. The highest BCUT2D eigenvalue weighted by atomic mass is 35.5. The van der Waals surface area contributed by atoms with Gasteiger partial charge in [0.25, 0.3) is 0 Å². The fraction of sp³-hybridized carbons (Fsp3) is 0.440. The first-order valence-corrected chi connectivity index (χ1v) is 14.3. The molecule has 0 aliphatic heterocycles. The van der Waals surface area contributed by atoms with E-state index in [0.29, 0.717) is 17.0 Å². The van der Waals surface area contributed by atoms with Crippen molar-refractivity contribution in [3.8, 4) is 0 Å². The summed E-state index contributed by atoms with van der Waals surface area (Å²) in [5.74, 6) is -0.771. The van der Waals surface area contributed by atoms with E-state index in [4.69, 9.17) is 23.2 Å². The van der Waals surface area contributed by atoms with Gasteiger partial charge < -0.3 is 10.2 Å². The Bertz CT molecular complexity index is 1150. The van der Waals surface area contributed by atoms with Gasteiger partial charge in [-0.3, -0.25) is 13.9 Å². The SMILES string of the molecule is CC[C@H](C(=O)NC1CCCC1)N(Cc1ccccc1Cl)C(=O)CN(c1ccccc1Cl)S(C)(=O)=O. The van der Waals surface area contributed by atoms with Crippen LogP contribution >= 0.6 is 23.2 Å². The summed E-state index contributed by atoms with van der Waals surface area (Å²) in [4.78, 5) is 28.4. The molecule has 190 valence electrons. The van der Waals surface area contributed by atoms with Crippen molar-refractivity contribution in [3.63, 3.8) is 0 Å². The van der Waals surface area contributed by atoms with Crippen LogP contribution in [0.15, 0.2) is 48.5 Å². The van der Waals surface area contributed by atoms with E-state index in [1.54, 1.807) is 48.5 Å². The number of para-hydroxylation sites is 1. The van der Waals surface area contributed by atoms with Crippen molar-refractivity contribution < 1.29 is 18.0 Å². The summed E-state index contributed by atoms with van der Waals surface area (Å²) in [5, 5.41) is 3.73. The minimum Gasteiger partial charge on any atom is -0.352 e. The maximum absolute atomic E-state index is 13.7. The first kappa shape index (κ1) is 27.3. The number of hydrogen-bond acceptors (Lipinski definition) is 4. The molecule has 3 rings (SSSR count). The van der Waals surface area contributed by atoms with Gasteiger partial charge >= 0.3 is 0 Å². The molecule has 2 amide bonds. The summed E-state index contributed by atoms with van der Waals surface area (Å²) in [6, 6.07) is 12.8. The number of carbonyl (C=O) groups is 2. The zero-order valence-corrected chi connectivity index (χ0v) is 22.2. The minimum atomic E-state index is -3.85. The van der Waals surface area contributed by atoms with Crippen LogP contribution in [0.1, 0.15) is 44.6 Å². The topological polar surface area (TPSA) is 86.8 Å². The van der Waals surface area contributed by atoms with Gasteiger partial charge in [-0.25, -0.2) is 8.42 Å². The van der Waals surface area contributed by atoms with Crippen molar-refractivity contribution in [1.29, 1.82) is 0 Å². The fourth-order valence-electron chi connectivity index (χ4n) is 4.35. The Hall–Kier alpha value is -2.29. The Kier molecular flexibility index (Phi) is 9.44. The lowest BCUT2D eigenvalue weighted by atomic mass is 10.1. The van der Waals surface area contributed by atoms with Crippen LogP contribution in [-0.4, -0.2) is 50.0 Å². The molecule has 0 aromatic heterocycles. The smallest absolute Gasteiger partial charge is 0.244 e. The van der Waals surface area contributed by atoms with E-state index in [9.17, 15) is 18.0 Å². The van der Waals surface area contributed by atoms with Crippen molar-refractivity contribution in [2.45, 2.75) is 57.7 Å². The summed E-state index contributed by atoms with van der Waals surface area (Å²) in [7, 11) is -3.85. The maximum atomic E-state index is 13.7. The molecule has 10 heteroatoms. The number of rotatable bonds is 10.